The van der Waals surface area contributed by atoms with Gasteiger partial charge in [-0.15, -0.1) is 0 Å². The standard InChI is InChI=1S/C15H15F2N3O/c1-10-15(19-5-4-18-10)20-6-7-21-14(9-20)11-2-3-12(16)13(17)8-11/h2-5,8,14H,6-7,9H2,1H3. The van der Waals surface area contributed by atoms with Crippen LogP contribution in [-0.2, 0) is 4.74 Å². The number of hydrogen-bond donors (Lipinski definition) is 0. The first-order chi connectivity index (χ1) is 10.1. The summed E-state index contributed by atoms with van der Waals surface area (Å²) in [6.45, 7) is 3.62. The quantitative estimate of drug-likeness (QED) is 0.852. The molecule has 1 aromatic carbocycles. The van der Waals surface area contributed by atoms with Crippen LogP contribution in [-0.4, -0.2) is 29.7 Å². The second-order valence-corrected chi connectivity index (χ2v) is 4.94. The van der Waals surface area contributed by atoms with Gasteiger partial charge >= 0.3 is 0 Å². The van der Waals surface area contributed by atoms with Crippen LogP contribution < -0.4 is 4.90 Å². The number of nitrogens with zero attached hydrogens (tertiary/aromatic N) is 3. The number of ether oxygens (including phenoxy) is 1. The molecule has 0 amide bonds. The van der Waals surface area contributed by atoms with Crippen molar-refractivity contribution in [2.24, 2.45) is 0 Å². The zero-order valence-corrected chi connectivity index (χ0v) is 11.6. The topological polar surface area (TPSA) is 38.2 Å². The highest BCUT2D eigenvalue weighted by molar-refractivity contribution is 5.43. The van der Waals surface area contributed by atoms with Crippen molar-refractivity contribution in [3.63, 3.8) is 0 Å². The second kappa shape index (κ2) is 5.73. The molecule has 21 heavy (non-hydrogen) atoms. The summed E-state index contributed by atoms with van der Waals surface area (Å²) in [5.41, 5.74) is 1.46. The fraction of sp³-hybridized carbons (Fsp3) is 0.333. The monoisotopic (exact) mass is 291 g/mol. The maximum atomic E-state index is 13.4. The third-order valence-corrected chi connectivity index (χ3v) is 3.54. The molecule has 1 fully saturated rings. The van der Waals surface area contributed by atoms with E-state index in [2.05, 4.69) is 14.9 Å². The molecule has 1 aliphatic heterocycles. The average molecular weight is 291 g/mol. The number of rotatable bonds is 2. The summed E-state index contributed by atoms with van der Waals surface area (Å²) in [7, 11) is 0. The predicted molar refractivity (Wildman–Crippen MR) is 74.0 cm³/mol. The Balaban J connectivity index is 1.83. The molecule has 1 unspecified atom stereocenters. The van der Waals surface area contributed by atoms with Gasteiger partial charge in [0, 0.05) is 25.5 Å². The molecule has 1 aliphatic rings. The third-order valence-electron chi connectivity index (χ3n) is 3.54. The summed E-state index contributed by atoms with van der Waals surface area (Å²) >= 11 is 0. The molecule has 4 nitrogen and oxygen atoms in total. The van der Waals surface area contributed by atoms with E-state index >= 15 is 0 Å². The van der Waals surface area contributed by atoms with Gasteiger partial charge in [-0.1, -0.05) is 6.07 Å². The van der Waals surface area contributed by atoms with Crippen molar-refractivity contribution in [2.45, 2.75) is 13.0 Å². The molecule has 2 aromatic rings. The van der Waals surface area contributed by atoms with Crippen LogP contribution in [0.25, 0.3) is 0 Å². The lowest BCUT2D eigenvalue weighted by Crippen LogP contribution is -2.39. The summed E-state index contributed by atoms with van der Waals surface area (Å²) in [4.78, 5) is 10.6. The highest BCUT2D eigenvalue weighted by Crippen LogP contribution is 2.26. The van der Waals surface area contributed by atoms with Gasteiger partial charge in [0.15, 0.2) is 11.6 Å². The van der Waals surface area contributed by atoms with Gasteiger partial charge in [0.1, 0.15) is 11.9 Å². The van der Waals surface area contributed by atoms with E-state index in [1.54, 1.807) is 18.5 Å². The van der Waals surface area contributed by atoms with E-state index in [1.165, 1.54) is 6.07 Å². The Morgan fingerprint density at radius 1 is 1.19 bits per heavy atom. The van der Waals surface area contributed by atoms with E-state index in [0.29, 0.717) is 25.3 Å². The van der Waals surface area contributed by atoms with Crippen molar-refractivity contribution in [1.82, 2.24) is 9.97 Å². The van der Waals surface area contributed by atoms with E-state index < -0.39 is 11.6 Å². The van der Waals surface area contributed by atoms with Crippen LogP contribution in [0.4, 0.5) is 14.6 Å². The third kappa shape index (κ3) is 2.85. The van der Waals surface area contributed by atoms with Crippen molar-refractivity contribution in [3.05, 3.63) is 53.5 Å². The highest BCUT2D eigenvalue weighted by Gasteiger charge is 2.24. The van der Waals surface area contributed by atoms with Gasteiger partial charge in [-0.05, 0) is 24.6 Å². The van der Waals surface area contributed by atoms with Gasteiger partial charge < -0.3 is 9.64 Å². The number of hydrogen-bond acceptors (Lipinski definition) is 4. The molecule has 6 heteroatoms. The second-order valence-electron chi connectivity index (χ2n) is 4.94. The lowest BCUT2D eigenvalue weighted by atomic mass is 10.1. The van der Waals surface area contributed by atoms with E-state index in [4.69, 9.17) is 4.74 Å². The SMILES string of the molecule is Cc1nccnc1N1CCOC(c2ccc(F)c(F)c2)C1. The van der Waals surface area contributed by atoms with Gasteiger partial charge in [0.25, 0.3) is 0 Å². The predicted octanol–water partition coefficient (Wildman–Crippen LogP) is 2.64. The molecule has 110 valence electrons. The molecule has 3 rings (SSSR count). The zero-order valence-electron chi connectivity index (χ0n) is 11.6. The van der Waals surface area contributed by atoms with Crippen molar-refractivity contribution < 1.29 is 13.5 Å². The van der Waals surface area contributed by atoms with E-state index in [0.717, 1.165) is 17.6 Å². The van der Waals surface area contributed by atoms with Crippen LogP contribution in [0.2, 0.25) is 0 Å². The van der Waals surface area contributed by atoms with Crippen molar-refractivity contribution in [2.75, 3.05) is 24.6 Å². The van der Waals surface area contributed by atoms with Crippen LogP contribution in [0.5, 0.6) is 0 Å². The van der Waals surface area contributed by atoms with Gasteiger partial charge in [0.05, 0.1) is 12.3 Å². The van der Waals surface area contributed by atoms with E-state index in [9.17, 15) is 8.78 Å². The van der Waals surface area contributed by atoms with Crippen LogP contribution in [0.15, 0.2) is 30.6 Å². The summed E-state index contributed by atoms with van der Waals surface area (Å²) in [6, 6.07) is 3.86. The van der Waals surface area contributed by atoms with Crippen molar-refractivity contribution in [1.29, 1.82) is 0 Å². The molecule has 0 N–H and O–H groups in total. The number of benzene rings is 1. The maximum absolute atomic E-state index is 13.4. The molecule has 0 radical (unpaired) electrons. The van der Waals surface area contributed by atoms with Crippen LogP contribution in [0, 0.1) is 18.6 Å². The number of anilines is 1. The van der Waals surface area contributed by atoms with Gasteiger partial charge in [0.2, 0.25) is 0 Å². The lowest BCUT2D eigenvalue weighted by molar-refractivity contribution is 0.0392. The molecule has 0 saturated carbocycles. The summed E-state index contributed by atoms with van der Waals surface area (Å²) < 4.78 is 32.0. The van der Waals surface area contributed by atoms with Crippen LogP contribution in [0.1, 0.15) is 17.4 Å². The Bertz CT molecular complexity index is 651. The maximum Gasteiger partial charge on any atom is 0.159 e. The summed E-state index contributed by atoms with van der Waals surface area (Å²) in [5.74, 6) is -0.909. The smallest absolute Gasteiger partial charge is 0.159 e. The van der Waals surface area contributed by atoms with Crippen molar-refractivity contribution in [3.8, 4) is 0 Å². The Hall–Kier alpha value is -2.08. The average Bonchev–Trinajstić information content (AvgIpc) is 2.51. The van der Waals surface area contributed by atoms with Crippen LogP contribution in [0.3, 0.4) is 0 Å². The number of morpholine rings is 1. The molecular formula is C15H15F2N3O. The Morgan fingerprint density at radius 2 is 2.00 bits per heavy atom. The molecular weight excluding hydrogens is 276 g/mol. The largest absolute Gasteiger partial charge is 0.370 e. The van der Waals surface area contributed by atoms with Gasteiger partial charge in [-0.3, -0.25) is 4.98 Å². The molecule has 0 bridgehead atoms. The molecule has 0 spiro atoms. The number of aryl methyl sites for hydroxylation is 1. The Morgan fingerprint density at radius 3 is 2.76 bits per heavy atom. The minimum Gasteiger partial charge on any atom is -0.370 e. The first kappa shape index (κ1) is 13.9. The van der Waals surface area contributed by atoms with Gasteiger partial charge in [-0.2, -0.15) is 0 Å². The minimum absolute atomic E-state index is 0.310. The molecule has 0 aliphatic carbocycles. The van der Waals surface area contributed by atoms with Crippen LogP contribution >= 0.6 is 0 Å². The molecule has 1 atom stereocenters. The first-order valence-corrected chi connectivity index (χ1v) is 6.74. The molecule has 1 aromatic heterocycles. The Kier molecular flexibility index (Phi) is 3.79. The van der Waals surface area contributed by atoms with Crippen molar-refractivity contribution >= 4 is 5.82 Å². The minimum atomic E-state index is -0.857. The molecule has 1 saturated heterocycles. The van der Waals surface area contributed by atoms with E-state index in [-0.39, 0.29) is 6.10 Å². The zero-order chi connectivity index (χ0) is 14.8. The van der Waals surface area contributed by atoms with E-state index in [1.807, 2.05) is 6.92 Å². The van der Waals surface area contributed by atoms with Gasteiger partial charge in [-0.25, -0.2) is 13.8 Å². The summed E-state index contributed by atoms with van der Waals surface area (Å²) in [5, 5.41) is 0. The lowest BCUT2D eigenvalue weighted by Gasteiger charge is -2.34. The highest BCUT2D eigenvalue weighted by atomic mass is 19.2. The Labute approximate surface area is 121 Å². The fourth-order valence-electron chi connectivity index (χ4n) is 2.47. The first-order valence-electron chi connectivity index (χ1n) is 6.74. The molecule has 2 heterocycles. The summed E-state index contributed by atoms with van der Waals surface area (Å²) in [6.07, 6.45) is 2.98. The fourth-order valence-corrected chi connectivity index (χ4v) is 2.47. The normalized spacial score (nSPS) is 18.8. The number of halogens is 2. The number of aromatic nitrogens is 2.